The van der Waals surface area contributed by atoms with Gasteiger partial charge >= 0.3 is 0 Å². The first-order valence-electron chi connectivity index (χ1n) is 6.23. The normalized spacial score (nSPS) is 21.2. The van der Waals surface area contributed by atoms with Gasteiger partial charge in [0, 0.05) is 12.6 Å². The van der Waals surface area contributed by atoms with Crippen LogP contribution in [0.25, 0.3) is 0 Å². The van der Waals surface area contributed by atoms with Crippen LogP contribution in [0, 0.1) is 0 Å². The highest BCUT2D eigenvalue weighted by Crippen LogP contribution is 2.32. The number of aliphatic hydroxyl groups excluding tert-OH is 1. The van der Waals surface area contributed by atoms with E-state index in [0.29, 0.717) is 0 Å². The van der Waals surface area contributed by atoms with Crippen LogP contribution in [0.2, 0.25) is 0 Å². The van der Waals surface area contributed by atoms with Crippen molar-refractivity contribution in [1.82, 2.24) is 4.81 Å². The molecule has 1 aromatic rings. The maximum Gasteiger partial charge on any atom is 0.293 e. The number of fused-ring (bicyclic) bond motifs is 1. The summed E-state index contributed by atoms with van der Waals surface area (Å²) in [5.41, 5.74) is 8.81. The smallest absolute Gasteiger partial charge is 0.293 e. The van der Waals surface area contributed by atoms with E-state index in [1.807, 2.05) is 16.9 Å². The SMILES string of the molecule is C[C@H]1c2cccc(C(O)CN)c2CCN1[B]C=O. The third-order valence-corrected chi connectivity index (χ3v) is 3.65. The van der Waals surface area contributed by atoms with Gasteiger partial charge in [0.2, 0.25) is 0 Å². The van der Waals surface area contributed by atoms with Gasteiger partial charge < -0.3 is 20.4 Å². The topological polar surface area (TPSA) is 66.6 Å². The molecule has 0 aromatic heterocycles. The van der Waals surface area contributed by atoms with Gasteiger partial charge in [-0.15, -0.1) is 0 Å². The van der Waals surface area contributed by atoms with E-state index in [1.165, 1.54) is 11.1 Å². The van der Waals surface area contributed by atoms with Crippen molar-refractivity contribution in [3.05, 3.63) is 34.9 Å². The van der Waals surface area contributed by atoms with Crippen molar-refractivity contribution in [1.29, 1.82) is 0 Å². The fourth-order valence-electron chi connectivity index (χ4n) is 2.64. The fourth-order valence-corrected chi connectivity index (χ4v) is 2.64. The van der Waals surface area contributed by atoms with E-state index in [0.717, 1.165) is 24.7 Å². The standard InChI is InChI=1S/C13H18BN2O2/c1-9-10-3-2-4-12(13(18)7-15)11(10)5-6-16(9)14-8-17/h2-4,8-9,13,18H,5-7,15H2,1H3/t9-,13?/m0/s1. The van der Waals surface area contributed by atoms with Crippen LogP contribution in [0.5, 0.6) is 0 Å². The van der Waals surface area contributed by atoms with Gasteiger partial charge in [-0.1, -0.05) is 18.2 Å². The molecule has 1 aliphatic rings. The van der Waals surface area contributed by atoms with Crippen molar-refractivity contribution in [2.75, 3.05) is 13.1 Å². The predicted molar refractivity (Wildman–Crippen MR) is 71.8 cm³/mol. The molecule has 1 aromatic carbocycles. The molecule has 0 aliphatic carbocycles. The molecule has 1 radical (unpaired) electrons. The van der Waals surface area contributed by atoms with Crippen molar-refractivity contribution in [2.45, 2.75) is 25.5 Å². The number of hydrogen-bond donors (Lipinski definition) is 2. The monoisotopic (exact) mass is 245 g/mol. The average molecular weight is 245 g/mol. The van der Waals surface area contributed by atoms with E-state index in [2.05, 4.69) is 13.0 Å². The van der Waals surface area contributed by atoms with Crippen LogP contribution in [0.4, 0.5) is 0 Å². The van der Waals surface area contributed by atoms with Crippen LogP contribution < -0.4 is 5.73 Å². The van der Waals surface area contributed by atoms with Crippen molar-refractivity contribution in [3.8, 4) is 0 Å². The van der Waals surface area contributed by atoms with Gasteiger partial charge in [0.05, 0.1) is 12.3 Å². The minimum Gasteiger partial charge on any atom is -0.387 e. The molecule has 0 saturated carbocycles. The summed E-state index contributed by atoms with van der Waals surface area (Å²) in [7, 11) is 1.58. The van der Waals surface area contributed by atoms with Crippen LogP contribution in [0.1, 0.15) is 35.8 Å². The van der Waals surface area contributed by atoms with Crippen molar-refractivity contribution < 1.29 is 9.90 Å². The van der Waals surface area contributed by atoms with Gasteiger partial charge in [0.15, 0.2) is 0 Å². The molecule has 2 rings (SSSR count). The Kier molecular flexibility index (Phi) is 4.17. The molecular weight excluding hydrogens is 227 g/mol. The maximum atomic E-state index is 10.6. The van der Waals surface area contributed by atoms with Gasteiger partial charge in [0.25, 0.3) is 7.41 Å². The lowest BCUT2D eigenvalue weighted by Crippen LogP contribution is -2.38. The summed E-state index contributed by atoms with van der Waals surface area (Å²) < 4.78 is 0. The Morgan fingerprint density at radius 1 is 1.67 bits per heavy atom. The molecule has 0 spiro atoms. The minimum absolute atomic E-state index is 0.156. The Morgan fingerprint density at radius 2 is 2.44 bits per heavy atom. The van der Waals surface area contributed by atoms with Gasteiger partial charge in [-0.05, 0) is 36.6 Å². The van der Waals surface area contributed by atoms with Gasteiger partial charge in [-0.3, -0.25) is 0 Å². The highest BCUT2D eigenvalue weighted by atomic mass is 16.3. The third-order valence-electron chi connectivity index (χ3n) is 3.65. The van der Waals surface area contributed by atoms with Crippen LogP contribution in [-0.4, -0.2) is 36.6 Å². The van der Waals surface area contributed by atoms with Crippen molar-refractivity contribution in [2.24, 2.45) is 5.73 Å². The Hall–Kier alpha value is -1.17. The summed E-state index contributed by atoms with van der Waals surface area (Å²) in [5, 5.41) is 9.94. The second-order valence-electron chi connectivity index (χ2n) is 4.62. The molecule has 18 heavy (non-hydrogen) atoms. The maximum absolute atomic E-state index is 10.6. The lowest BCUT2D eigenvalue weighted by atomic mass is 9.81. The van der Waals surface area contributed by atoms with Crippen LogP contribution in [-0.2, 0) is 11.2 Å². The predicted octanol–water partition coefficient (Wildman–Crippen LogP) is 0.407. The number of carbonyl (C=O) groups is 1. The molecule has 3 N–H and O–H groups in total. The second-order valence-corrected chi connectivity index (χ2v) is 4.62. The Morgan fingerprint density at radius 3 is 3.11 bits per heavy atom. The number of aliphatic hydroxyl groups is 1. The average Bonchev–Trinajstić information content (AvgIpc) is 2.41. The molecule has 0 fully saturated rings. The summed E-state index contributed by atoms with van der Waals surface area (Å²) in [6.07, 6.45) is 1.05. The van der Waals surface area contributed by atoms with Crippen LogP contribution in [0.15, 0.2) is 18.2 Å². The Balaban J connectivity index is 2.35. The molecule has 0 amide bonds. The molecule has 0 saturated heterocycles. The first kappa shape index (κ1) is 13.3. The van der Waals surface area contributed by atoms with Crippen molar-refractivity contribution in [3.63, 3.8) is 0 Å². The number of nitrogens with two attached hydrogens (primary N) is 1. The van der Waals surface area contributed by atoms with E-state index in [9.17, 15) is 9.90 Å². The van der Waals surface area contributed by atoms with Gasteiger partial charge in [-0.25, -0.2) is 0 Å². The summed E-state index contributed by atoms with van der Waals surface area (Å²) in [5.74, 6) is 0. The van der Waals surface area contributed by atoms with E-state index in [-0.39, 0.29) is 12.6 Å². The van der Waals surface area contributed by atoms with E-state index < -0.39 is 6.10 Å². The quantitative estimate of drug-likeness (QED) is 0.595. The zero-order chi connectivity index (χ0) is 13.1. The Labute approximate surface area is 108 Å². The number of rotatable bonds is 4. The first-order valence-corrected chi connectivity index (χ1v) is 6.23. The summed E-state index contributed by atoms with van der Waals surface area (Å²) >= 11 is 0. The zero-order valence-electron chi connectivity index (χ0n) is 10.5. The van der Waals surface area contributed by atoms with Crippen LogP contribution >= 0.6 is 0 Å². The summed E-state index contributed by atoms with van der Waals surface area (Å²) in [4.78, 5) is 12.6. The lowest BCUT2D eigenvalue weighted by Gasteiger charge is -2.35. The number of hydrogen-bond acceptors (Lipinski definition) is 4. The third kappa shape index (κ3) is 2.34. The largest absolute Gasteiger partial charge is 0.387 e. The molecule has 1 unspecified atom stereocenters. The van der Waals surface area contributed by atoms with Crippen LogP contribution in [0.3, 0.4) is 0 Å². The molecule has 2 atom stereocenters. The highest BCUT2D eigenvalue weighted by molar-refractivity contribution is 6.64. The zero-order valence-corrected chi connectivity index (χ0v) is 10.5. The second kappa shape index (κ2) is 5.65. The Bertz CT molecular complexity index is 439. The molecule has 0 bridgehead atoms. The van der Waals surface area contributed by atoms with E-state index in [1.54, 1.807) is 7.41 Å². The molecule has 5 heteroatoms. The van der Waals surface area contributed by atoms with Gasteiger partial charge in [0.1, 0.15) is 0 Å². The fraction of sp³-hybridized carbons (Fsp3) is 0.462. The van der Waals surface area contributed by atoms with E-state index in [4.69, 9.17) is 5.73 Å². The summed E-state index contributed by atoms with van der Waals surface area (Å²) in [6, 6.07) is 6.08. The number of carbonyl (C=O) groups excluding carboxylic acids is 1. The number of benzene rings is 1. The number of nitrogens with zero attached hydrogens (tertiary/aromatic N) is 1. The van der Waals surface area contributed by atoms with E-state index >= 15 is 0 Å². The lowest BCUT2D eigenvalue weighted by molar-refractivity contribution is 0.184. The molecule has 1 aliphatic heterocycles. The minimum atomic E-state index is -0.603. The summed E-state index contributed by atoms with van der Waals surface area (Å²) in [6.45, 7) is 3.09. The molecule has 1 heterocycles. The molecule has 95 valence electrons. The van der Waals surface area contributed by atoms with Gasteiger partial charge in [-0.2, -0.15) is 0 Å². The molecule has 4 nitrogen and oxygen atoms in total. The first-order chi connectivity index (χ1) is 8.69. The van der Waals surface area contributed by atoms with Crippen molar-refractivity contribution >= 4 is 13.6 Å². The molecular formula is C13H18BN2O2. The highest BCUT2D eigenvalue weighted by Gasteiger charge is 2.26.